The van der Waals surface area contributed by atoms with E-state index in [1.165, 1.54) is 38.5 Å². The summed E-state index contributed by atoms with van der Waals surface area (Å²) in [6.07, 6.45) is 9.09. The molecule has 0 bridgehead atoms. The second-order valence-electron chi connectivity index (χ2n) is 4.77. The van der Waals surface area contributed by atoms with Gasteiger partial charge in [0.1, 0.15) is 0 Å². The van der Waals surface area contributed by atoms with Gasteiger partial charge in [0, 0.05) is 6.61 Å². The molecule has 14 heavy (non-hydrogen) atoms. The van der Waals surface area contributed by atoms with Crippen molar-refractivity contribution in [3.05, 3.63) is 0 Å². The fourth-order valence-electron chi connectivity index (χ4n) is 1.73. The van der Waals surface area contributed by atoms with Crippen molar-refractivity contribution in [2.75, 3.05) is 6.61 Å². The molecule has 1 heteroatoms. The molecule has 0 saturated carbocycles. The molecule has 0 aromatic heterocycles. The van der Waals surface area contributed by atoms with E-state index in [1.54, 1.807) is 0 Å². The number of aliphatic hydroxyl groups is 1. The molecule has 0 rings (SSSR count). The topological polar surface area (TPSA) is 20.2 Å². The Hall–Kier alpha value is -0.0400. The van der Waals surface area contributed by atoms with Crippen LogP contribution in [0.3, 0.4) is 0 Å². The first kappa shape index (κ1) is 14.0. The van der Waals surface area contributed by atoms with Crippen LogP contribution in [0.1, 0.15) is 65.7 Å². The Morgan fingerprint density at radius 1 is 0.857 bits per heavy atom. The molecular weight excluding hydrogens is 172 g/mol. The molecule has 0 heterocycles. The van der Waals surface area contributed by atoms with Crippen molar-refractivity contribution in [2.45, 2.75) is 65.7 Å². The molecule has 0 saturated heterocycles. The molecule has 2 unspecified atom stereocenters. The number of hydrogen-bond donors (Lipinski definition) is 1. The van der Waals surface area contributed by atoms with Crippen LogP contribution in [-0.2, 0) is 0 Å². The van der Waals surface area contributed by atoms with Crippen LogP contribution in [0.15, 0.2) is 0 Å². The third kappa shape index (κ3) is 8.55. The molecule has 0 aromatic carbocycles. The number of hydrogen-bond acceptors (Lipinski definition) is 1. The maximum Gasteiger partial charge on any atom is 0.0433 e. The van der Waals surface area contributed by atoms with Gasteiger partial charge in [-0.05, 0) is 18.3 Å². The first-order valence-electron chi connectivity index (χ1n) is 6.31. The van der Waals surface area contributed by atoms with Crippen LogP contribution in [0.25, 0.3) is 0 Å². The molecule has 0 aliphatic heterocycles. The molecule has 0 spiro atoms. The van der Waals surface area contributed by atoms with Crippen molar-refractivity contribution in [3.8, 4) is 0 Å². The van der Waals surface area contributed by atoms with Crippen LogP contribution in [0.4, 0.5) is 0 Å². The van der Waals surface area contributed by atoms with E-state index in [9.17, 15) is 0 Å². The highest BCUT2D eigenvalue weighted by Crippen LogP contribution is 2.16. The van der Waals surface area contributed by atoms with Gasteiger partial charge in [0.05, 0.1) is 0 Å². The third-order valence-corrected chi connectivity index (χ3v) is 3.21. The minimum atomic E-state index is 0.355. The molecule has 1 N–H and O–H groups in total. The van der Waals surface area contributed by atoms with Crippen LogP contribution in [0.2, 0.25) is 0 Å². The molecule has 0 fully saturated rings. The Morgan fingerprint density at radius 2 is 1.43 bits per heavy atom. The molecule has 0 aromatic rings. The Kier molecular flexibility index (Phi) is 9.49. The largest absolute Gasteiger partial charge is 0.396 e. The highest BCUT2D eigenvalue weighted by molar-refractivity contribution is 4.55. The van der Waals surface area contributed by atoms with E-state index in [4.69, 9.17) is 5.11 Å². The highest BCUT2D eigenvalue weighted by atomic mass is 16.3. The van der Waals surface area contributed by atoms with Crippen LogP contribution in [0, 0.1) is 11.8 Å². The van der Waals surface area contributed by atoms with E-state index in [-0.39, 0.29) is 0 Å². The van der Waals surface area contributed by atoms with E-state index < -0.39 is 0 Å². The van der Waals surface area contributed by atoms with Gasteiger partial charge in [-0.3, -0.25) is 0 Å². The Labute approximate surface area is 89.9 Å². The Bertz CT molecular complexity index is 112. The van der Waals surface area contributed by atoms with Gasteiger partial charge < -0.3 is 5.11 Å². The van der Waals surface area contributed by atoms with Gasteiger partial charge >= 0.3 is 0 Å². The van der Waals surface area contributed by atoms with Gasteiger partial charge in [-0.2, -0.15) is 0 Å². The van der Waals surface area contributed by atoms with E-state index >= 15 is 0 Å². The van der Waals surface area contributed by atoms with Gasteiger partial charge in [-0.15, -0.1) is 0 Å². The predicted octanol–water partition coefficient (Wildman–Crippen LogP) is 4.00. The molecular formula is C13H28O. The molecule has 1 nitrogen and oxygen atoms in total. The van der Waals surface area contributed by atoms with Crippen LogP contribution in [-0.4, -0.2) is 11.7 Å². The fraction of sp³-hybridized carbons (Fsp3) is 1.00. The summed E-state index contributed by atoms with van der Waals surface area (Å²) in [6, 6.07) is 0. The average molecular weight is 200 g/mol. The monoisotopic (exact) mass is 200 g/mol. The molecule has 86 valence electrons. The van der Waals surface area contributed by atoms with Gasteiger partial charge in [0.2, 0.25) is 0 Å². The van der Waals surface area contributed by atoms with Crippen molar-refractivity contribution in [3.63, 3.8) is 0 Å². The first-order chi connectivity index (χ1) is 6.70. The van der Waals surface area contributed by atoms with Crippen molar-refractivity contribution < 1.29 is 5.11 Å². The lowest BCUT2D eigenvalue weighted by Gasteiger charge is -2.10. The molecule has 2 atom stereocenters. The molecule has 0 radical (unpaired) electrons. The number of aliphatic hydroxyl groups excluding tert-OH is 1. The standard InChI is InChI=1S/C13H28O/c1-4-12(2)8-6-5-7-9-13(3)10-11-14/h12-14H,4-11H2,1-3H3. The zero-order chi connectivity index (χ0) is 10.8. The third-order valence-electron chi connectivity index (χ3n) is 3.21. The zero-order valence-electron chi connectivity index (χ0n) is 10.3. The summed E-state index contributed by atoms with van der Waals surface area (Å²) in [5.74, 6) is 1.62. The SMILES string of the molecule is CCC(C)CCCCCC(C)CCO. The maximum absolute atomic E-state index is 8.74. The van der Waals surface area contributed by atoms with Crippen molar-refractivity contribution in [2.24, 2.45) is 11.8 Å². The lowest BCUT2D eigenvalue weighted by molar-refractivity contribution is 0.256. The summed E-state index contributed by atoms with van der Waals surface area (Å²) in [5, 5.41) is 8.74. The summed E-state index contributed by atoms with van der Waals surface area (Å²) in [6.45, 7) is 7.21. The van der Waals surface area contributed by atoms with Crippen molar-refractivity contribution in [1.82, 2.24) is 0 Å². The van der Waals surface area contributed by atoms with Gasteiger partial charge in [0.25, 0.3) is 0 Å². The van der Waals surface area contributed by atoms with Gasteiger partial charge in [0.15, 0.2) is 0 Å². The average Bonchev–Trinajstić information content (AvgIpc) is 2.17. The first-order valence-corrected chi connectivity index (χ1v) is 6.31. The number of unbranched alkanes of at least 4 members (excludes halogenated alkanes) is 2. The minimum absolute atomic E-state index is 0.355. The lowest BCUT2D eigenvalue weighted by atomic mass is 9.97. The summed E-state index contributed by atoms with van der Waals surface area (Å²) in [4.78, 5) is 0. The molecule has 0 aliphatic rings. The second kappa shape index (κ2) is 9.51. The minimum Gasteiger partial charge on any atom is -0.396 e. The van der Waals surface area contributed by atoms with E-state index in [0.717, 1.165) is 12.3 Å². The quantitative estimate of drug-likeness (QED) is 0.558. The zero-order valence-corrected chi connectivity index (χ0v) is 10.3. The maximum atomic E-state index is 8.74. The smallest absolute Gasteiger partial charge is 0.0433 e. The van der Waals surface area contributed by atoms with Crippen LogP contribution in [0.5, 0.6) is 0 Å². The van der Waals surface area contributed by atoms with E-state index in [2.05, 4.69) is 20.8 Å². The summed E-state index contributed by atoms with van der Waals surface area (Å²) >= 11 is 0. The lowest BCUT2D eigenvalue weighted by Crippen LogP contribution is -1.98. The number of rotatable bonds is 9. The highest BCUT2D eigenvalue weighted by Gasteiger charge is 2.01. The second-order valence-corrected chi connectivity index (χ2v) is 4.77. The van der Waals surface area contributed by atoms with Crippen molar-refractivity contribution >= 4 is 0 Å². The Morgan fingerprint density at radius 3 is 1.93 bits per heavy atom. The predicted molar refractivity (Wildman–Crippen MR) is 63.4 cm³/mol. The van der Waals surface area contributed by atoms with Crippen LogP contribution >= 0.6 is 0 Å². The summed E-state index contributed by atoms with van der Waals surface area (Å²) in [5.41, 5.74) is 0. The molecule has 0 aliphatic carbocycles. The van der Waals surface area contributed by atoms with Crippen molar-refractivity contribution in [1.29, 1.82) is 0 Å². The summed E-state index contributed by atoms with van der Waals surface area (Å²) < 4.78 is 0. The fourth-order valence-corrected chi connectivity index (χ4v) is 1.73. The summed E-state index contributed by atoms with van der Waals surface area (Å²) in [7, 11) is 0. The normalized spacial score (nSPS) is 15.4. The van der Waals surface area contributed by atoms with E-state index in [1.807, 2.05) is 0 Å². The van der Waals surface area contributed by atoms with Gasteiger partial charge in [-0.25, -0.2) is 0 Å². The van der Waals surface area contributed by atoms with Gasteiger partial charge in [-0.1, -0.05) is 59.3 Å². The van der Waals surface area contributed by atoms with E-state index in [0.29, 0.717) is 12.5 Å². The molecule has 0 amide bonds. The Balaban J connectivity index is 3.13. The van der Waals surface area contributed by atoms with Crippen LogP contribution < -0.4 is 0 Å².